The Hall–Kier alpha value is -3.41. The summed E-state index contributed by atoms with van der Waals surface area (Å²) in [6, 6.07) is 5.52. The molecule has 0 aliphatic carbocycles. The highest BCUT2D eigenvalue weighted by molar-refractivity contribution is 6.31. The molecule has 0 radical (unpaired) electrons. The van der Waals surface area contributed by atoms with Crippen LogP contribution in [0.2, 0.25) is 5.02 Å². The van der Waals surface area contributed by atoms with Gasteiger partial charge in [-0.05, 0) is 25.5 Å². The summed E-state index contributed by atoms with van der Waals surface area (Å²) in [4.78, 5) is 47.8. The van der Waals surface area contributed by atoms with Crippen LogP contribution in [0, 0.1) is 0 Å². The summed E-state index contributed by atoms with van der Waals surface area (Å²) in [5.41, 5.74) is 1.59. The van der Waals surface area contributed by atoms with Crippen LogP contribution < -0.4 is 10.6 Å². The number of hydrogen-bond donors (Lipinski definition) is 4. The number of carbonyl (C=O) groups excluding carboxylic acids is 2. The molecular formula is C24H29ClN2O9. The molecule has 2 atom stereocenters. The molecule has 0 saturated heterocycles. The van der Waals surface area contributed by atoms with Crippen molar-refractivity contribution in [3.05, 3.63) is 57.4 Å². The Morgan fingerprint density at radius 1 is 1.14 bits per heavy atom. The van der Waals surface area contributed by atoms with Crippen LogP contribution >= 0.6 is 11.6 Å². The number of halogens is 1. The van der Waals surface area contributed by atoms with Gasteiger partial charge in [0.1, 0.15) is 6.04 Å². The Kier molecular flexibility index (Phi) is 10.9. The average molecular weight is 525 g/mol. The Morgan fingerprint density at radius 3 is 2.42 bits per heavy atom. The van der Waals surface area contributed by atoms with Gasteiger partial charge >= 0.3 is 23.9 Å². The van der Waals surface area contributed by atoms with Gasteiger partial charge in [-0.3, -0.25) is 9.59 Å². The molecule has 12 heteroatoms. The molecule has 4 N–H and O–H groups in total. The van der Waals surface area contributed by atoms with E-state index < -0.39 is 42.3 Å². The largest absolute Gasteiger partial charge is 0.481 e. The molecule has 0 aromatic heterocycles. The molecule has 2 rings (SSSR count). The van der Waals surface area contributed by atoms with Gasteiger partial charge < -0.3 is 35.1 Å². The zero-order valence-electron chi connectivity index (χ0n) is 20.1. The second kappa shape index (κ2) is 13.6. The molecule has 0 spiro atoms. The van der Waals surface area contributed by atoms with Crippen LogP contribution in [-0.4, -0.2) is 73.6 Å². The number of hydrogen-bond acceptors (Lipinski definition) is 9. The van der Waals surface area contributed by atoms with Gasteiger partial charge in [-0.1, -0.05) is 29.8 Å². The highest BCUT2D eigenvalue weighted by Crippen LogP contribution is 2.41. The SMILES string of the molecule is CCOC(=O)C1=C(COCCN[C@@H](CC(=O)O)C(=O)O)NC(C)=C(C(=O)OC)C1c1ccccc1Cl. The summed E-state index contributed by atoms with van der Waals surface area (Å²) in [5, 5.41) is 23.9. The molecule has 11 nitrogen and oxygen atoms in total. The smallest absolute Gasteiger partial charge is 0.336 e. The molecule has 1 aliphatic heterocycles. The molecule has 1 aromatic rings. The number of benzene rings is 1. The topological polar surface area (TPSA) is 160 Å². The van der Waals surface area contributed by atoms with Crippen LogP contribution in [0.5, 0.6) is 0 Å². The van der Waals surface area contributed by atoms with Gasteiger partial charge in [0.15, 0.2) is 0 Å². The highest BCUT2D eigenvalue weighted by atomic mass is 35.5. The van der Waals surface area contributed by atoms with Crippen molar-refractivity contribution in [2.75, 3.05) is 33.5 Å². The lowest BCUT2D eigenvalue weighted by molar-refractivity contribution is -0.146. The summed E-state index contributed by atoms with van der Waals surface area (Å²) in [6.07, 6.45) is -0.588. The van der Waals surface area contributed by atoms with Crippen molar-refractivity contribution >= 4 is 35.5 Å². The third-order valence-electron chi connectivity index (χ3n) is 5.32. The fourth-order valence-corrected chi connectivity index (χ4v) is 4.01. The number of esters is 2. The lowest BCUT2D eigenvalue weighted by atomic mass is 9.80. The fourth-order valence-electron chi connectivity index (χ4n) is 3.76. The number of carboxylic acids is 2. The molecule has 1 aliphatic rings. The van der Waals surface area contributed by atoms with Gasteiger partial charge in [0, 0.05) is 17.3 Å². The predicted octanol–water partition coefficient (Wildman–Crippen LogP) is 1.83. The summed E-state index contributed by atoms with van der Waals surface area (Å²) in [6.45, 7) is 3.34. The van der Waals surface area contributed by atoms with Crippen LogP contribution in [0.4, 0.5) is 0 Å². The van der Waals surface area contributed by atoms with E-state index in [4.69, 9.17) is 36.0 Å². The number of ether oxygens (including phenoxy) is 3. The number of methoxy groups -OCH3 is 1. The first-order chi connectivity index (χ1) is 17.1. The maximum absolute atomic E-state index is 13.1. The molecule has 36 heavy (non-hydrogen) atoms. The molecule has 1 heterocycles. The zero-order chi connectivity index (χ0) is 26.8. The number of allylic oxidation sites excluding steroid dienone is 1. The van der Waals surface area contributed by atoms with Gasteiger partial charge in [0.25, 0.3) is 0 Å². The van der Waals surface area contributed by atoms with Gasteiger partial charge in [-0.2, -0.15) is 0 Å². The lowest BCUT2D eigenvalue weighted by Gasteiger charge is -2.31. The standard InChI is InChI=1S/C24H29ClN2O9/c1-4-36-24(33)21-17(12-35-10-9-26-16(22(30)31)11-18(28)29)27-13(2)19(23(32)34-3)20(21)14-7-5-6-8-15(14)25/h5-8,16,20,26-27H,4,9-12H2,1-3H3,(H,28,29)(H,30,31)/t16-,20?/m0/s1. The lowest BCUT2D eigenvalue weighted by Crippen LogP contribution is -2.40. The normalized spacial score (nSPS) is 16.3. The van der Waals surface area contributed by atoms with E-state index in [-0.39, 0.29) is 37.5 Å². The van der Waals surface area contributed by atoms with Gasteiger partial charge in [-0.25, -0.2) is 9.59 Å². The average Bonchev–Trinajstić information content (AvgIpc) is 2.82. The first-order valence-electron chi connectivity index (χ1n) is 11.1. The summed E-state index contributed by atoms with van der Waals surface area (Å²) in [5.74, 6) is -4.75. The van der Waals surface area contributed by atoms with Crippen molar-refractivity contribution < 1.29 is 43.6 Å². The fraction of sp³-hybridized carbons (Fsp3) is 0.417. The molecule has 0 bridgehead atoms. The summed E-state index contributed by atoms with van der Waals surface area (Å²) >= 11 is 6.45. The van der Waals surface area contributed by atoms with E-state index in [1.807, 2.05) is 0 Å². The van der Waals surface area contributed by atoms with Crippen LogP contribution in [-0.2, 0) is 33.4 Å². The minimum atomic E-state index is -1.29. The predicted molar refractivity (Wildman–Crippen MR) is 128 cm³/mol. The van der Waals surface area contributed by atoms with E-state index in [0.717, 1.165) is 0 Å². The maximum Gasteiger partial charge on any atom is 0.336 e. The quantitative estimate of drug-likeness (QED) is 0.220. The molecule has 1 aromatic carbocycles. The number of aliphatic carboxylic acids is 2. The number of dihydropyridines is 1. The second-order valence-corrected chi connectivity index (χ2v) is 8.13. The Bertz CT molecular complexity index is 1070. The molecule has 0 fully saturated rings. The molecule has 196 valence electrons. The van der Waals surface area contributed by atoms with Crippen molar-refractivity contribution in [3.8, 4) is 0 Å². The van der Waals surface area contributed by atoms with E-state index in [1.165, 1.54) is 7.11 Å². The number of nitrogens with one attached hydrogen (secondary N) is 2. The van der Waals surface area contributed by atoms with E-state index in [2.05, 4.69) is 10.6 Å². The summed E-state index contributed by atoms with van der Waals surface area (Å²) < 4.78 is 15.9. The van der Waals surface area contributed by atoms with E-state index >= 15 is 0 Å². The first-order valence-corrected chi connectivity index (χ1v) is 11.5. The Balaban J connectivity index is 2.35. The Labute approximate surface area is 213 Å². The van der Waals surface area contributed by atoms with Crippen molar-refractivity contribution in [3.63, 3.8) is 0 Å². The first kappa shape index (κ1) is 28.8. The zero-order valence-corrected chi connectivity index (χ0v) is 20.9. The van der Waals surface area contributed by atoms with E-state index in [1.54, 1.807) is 38.1 Å². The minimum Gasteiger partial charge on any atom is -0.481 e. The second-order valence-electron chi connectivity index (χ2n) is 7.72. The highest BCUT2D eigenvalue weighted by Gasteiger charge is 2.39. The number of carboxylic acid groups (broad SMARTS) is 2. The molecule has 0 amide bonds. The number of rotatable bonds is 13. The monoisotopic (exact) mass is 524 g/mol. The molecule has 0 saturated carbocycles. The minimum absolute atomic E-state index is 0.00800. The van der Waals surface area contributed by atoms with Crippen molar-refractivity contribution in [1.29, 1.82) is 0 Å². The van der Waals surface area contributed by atoms with Gasteiger partial charge in [0.05, 0.1) is 56.1 Å². The van der Waals surface area contributed by atoms with Crippen LogP contribution in [0.1, 0.15) is 31.7 Å². The van der Waals surface area contributed by atoms with Crippen LogP contribution in [0.15, 0.2) is 46.8 Å². The number of carbonyl (C=O) groups is 4. The van der Waals surface area contributed by atoms with Gasteiger partial charge in [0.2, 0.25) is 0 Å². The summed E-state index contributed by atoms with van der Waals surface area (Å²) in [7, 11) is 1.24. The molecule has 1 unspecified atom stereocenters. The van der Waals surface area contributed by atoms with Crippen LogP contribution in [0.25, 0.3) is 0 Å². The van der Waals surface area contributed by atoms with Crippen molar-refractivity contribution in [1.82, 2.24) is 10.6 Å². The van der Waals surface area contributed by atoms with E-state index in [9.17, 15) is 19.2 Å². The Morgan fingerprint density at radius 2 is 1.83 bits per heavy atom. The van der Waals surface area contributed by atoms with Crippen LogP contribution in [0.3, 0.4) is 0 Å². The third kappa shape index (κ3) is 7.30. The van der Waals surface area contributed by atoms with Crippen molar-refractivity contribution in [2.24, 2.45) is 0 Å². The third-order valence-corrected chi connectivity index (χ3v) is 5.67. The molecular weight excluding hydrogens is 496 g/mol. The van der Waals surface area contributed by atoms with Crippen molar-refractivity contribution in [2.45, 2.75) is 32.2 Å². The maximum atomic E-state index is 13.1. The van der Waals surface area contributed by atoms with Gasteiger partial charge in [-0.15, -0.1) is 0 Å². The van der Waals surface area contributed by atoms with E-state index in [0.29, 0.717) is 22.0 Å².